The summed E-state index contributed by atoms with van der Waals surface area (Å²) in [6, 6.07) is 5.41. The molecule has 0 unspecified atom stereocenters. The Morgan fingerprint density at radius 1 is 1.25 bits per heavy atom. The third-order valence-electron chi connectivity index (χ3n) is 5.64. The summed E-state index contributed by atoms with van der Waals surface area (Å²) < 4.78 is 5.47. The van der Waals surface area contributed by atoms with Gasteiger partial charge in [0.1, 0.15) is 5.75 Å². The first-order chi connectivity index (χ1) is 13.5. The Labute approximate surface area is 165 Å². The van der Waals surface area contributed by atoms with Crippen molar-refractivity contribution in [2.75, 3.05) is 13.2 Å². The summed E-state index contributed by atoms with van der Waals surface area (Å²) in [5.74, 6) is -0.101. The fraction of sp³-hybridized carbons (Fsp3) is 0.632. The van der Waals surface area contributed by atoms with Crippen molar-refractivity contribution in [3.05, 3.63) is 29.3 Å². The van der Waals surface area contributed by atoms with Crippen molar-refractivity contribution >= 4 is 13.0 Å². The van der Waals surface area contributed by atoms with Crippen LogP contribution >= 0.6 is 0 Å². The lowest BCUT2D eigenvalue weighted by Crippen LogP contribution is -2.53. The second-order valence-corrected chi connectivity index (χ2v) is 7.70. The van der Waals surface area contributed by atoms with Crippen LogP contribution in [0.15, 0.2) is 18.2 Å². The molecule has 2 aliphatic rings. The fourth-order valence-corrected chi connectivity index (χ4v) is 4.14. The first-order valence-electron chi connectivity index (χ1n) is 9.94. The number of aliphatic hydroxyl groups is 3. The number of benzene rings is 1. The van der Waals surface area contributed by atoms with Gasteiger partial charge in [0.2, 0.25) is 5.91 Å². The Kier molecular flexibility index (Phi) is 7.31. The molecule has 1 amide bonds. The number of carbonyl (C=O) groups excluding carboxylic acids is 1. The van der Waals surface area contributed by atoms with Crippen molar-refractivity contribution < 1.29 is 29.8 Å². The molecule has 1 aromatic carbocycles. The molecule has 1 aliphatic carbocycles. The van der Waals surface area contributed by atoms with Crippen LogP contribution in [0.2, 0.25) is 0 Å². The second kappa shape index (κ2) is 9.71. The number of rotatable bonds is 7. The second-order valence-electron chi connectivity index (χ2n) is 7.70. The molecule has 1 aliphatic heterocycles. The van der Waals surface area contributed by atoms with Crippen molar-refractivity contribution in [2.45, 2.75) is 56.8 Å². The maximum absolute atomic E-state index is 12.5. The molecule has 6 N–H and O–H groups in total. The number of fused-ring (bicyclic) bond motifs is 1. The van der Waals surface area contributed by atoms with Crippen molar-refractivity contribution in [2.24, 2.45) is 5.92 Å². The molecule has 9 heteroatoms. The van der Waals surface area contributed by atoms with Crippen LogP contribution in [-0.2, 0) is 11.2 Å². The van der Waals surface area contributed by atoms with Gasteiger partial charge in [0.05, 0.1) is 12.5 Å². The first-order valence-corrected chi connectivity index (χ1v) is 9.94. The van der Waals surface area contributed by atoms with E-state index in [1.807, 2.05) is 0 Å². The van der Waals surface area contributed by atoms with Crippen molar-refractivity contribution in [3.8, 4) is 5.75 Å². The topological polar surface area (TPSA) is 131 Å². The third-order valence-corrected chi connectivity index (χ3v) is 5.64. The summed E-state index contributed by atoms with van der Waals surface area (Å²) >= 11 is 0. The highest BCUT2D eigenvalue weighted by molar-refractivity contribution is 6.46. The Bertz CT molecular complexity index is 666. The smallest absolute Gasteiger partial charge is 0.534 e. The molecule has 1 atom stereocenters. The Hall–Kier alpha value is -1.65. The summed E-state index contributed by atoms with van der Waals surface area (Å²) in [6.45, 7) is 0.738. The maximum Gasteiger partial charge on any atom is 0.547 e. The molecular formula is C19H29BN2O6. The molecule has 1 aromatic rings. The van der Waals surface area contributed by atoms with E-state index < -0.39 is 19.3 Å². The van der Waals surface area contributed by atoms with Crippen LogP contribution in [-0.4, -0.2) is 58.5 Å². The molecular weight excluding hydrogens is 363 g/mol. The normalized spacial score (nSPS) is 24.6. The van der Waals surface area contributed by atoms with Crippen molar-refractivity contribution in [3.63, 3.8) is 0 Å². The van der Waals surface area contributed by atoms with Crippen LogP contribution < -0.4 is 15.3 Å². The zero-order chi connectivity index (χ0) is 20.1. The van der Waals surface area contributed by atoms with E-state index in [9.17, 15) is 20.0 Å². The maximum atomic E-state index is 12.5. The van der Waals surface area contributed by atoms with Crippen LogP contribution in [0, 0.1) is 5.92 Å². The molecule has 1 fully saturated rings. The highest BCUT2D eigenvalue weighted by Crippen LogP contribution is 2.33. The largest absolute Gasteiger partial charge is 0.547 e. The van der Waals surface area contributed by atoms with Crippen LogP contribution in [0.3, 0.4) is 0 Å². The van der Waals surface area contributed by atoms with E-state index in [0.29, 0.717) is 31.3 Å². The Morgan fingerprint density at radius 2 is 2.00 bits per heavy atom. The van der Waals surface area contributed by atoms with Crippen molar-refractivity contribution in [1.82, 2.24) is 10.6 Å². The van der Waals surface area contributed by atoms with Crippen LogP contribution in [0.4, 0.5) is 0 Å². The van der Waals surface area contributed by atoms with Gasteiger partial charge in [-0.25, -0.2) is 0 Å². The zero-order valence-corrected chi connectivity index (χ0v) is 15.9. The molecule has 0 spiro atoms. The quantitative estimate of drug-likeness (QED) is 0.276. The van der Waals surface area contributed by atoms with Gasteiger partial charge in [0, 0.05) is 24.6 Å². The molecule has 0 saturated heterocycles. The molecule has 28 heavy (non-hydrogen) atoms. The van der Waals surface area contributed by atoms with Crippen LogP contribution in [0.25, 0.3) is 0 Å². The SMILES string of the molecule is O=C(CC1CCC(NCCO)CC1)N[C@H]1Cc2cccc(C(O)O)c2OB1O. The number of amides is 1. The standard InChI is InChI=1S/C19H29BN2O6/c23-9-8-21-14-6-4-12(5-7-14)10-17(24)22-16-11-13-2-1-3-15(19(25)26)18(13)28-20(16)27/h1-3,12,14,16,19,21,23,25-27H,4-11H2,(H,22,24)/t12?,14?,16-/m0/s1. The zero-order valence-electron chi connectivity index (χ0n) is 15.9. The molecule has 3 rings (SSSR count). The number of nitrogens with one attached hydrogen (secondary N) is 2. The minimum atomic E-state index is -1.68. The number of para-hydroxylation sites is 1. The lowest BCUT2D eigenvalue weighted by atomic mass is 9.72. The van der Waals surface area contributed by atoms with Gasteiger partial charge >= 0.3 is 7.12 Å². The monoisotopic (exact) mass is 392 g/mol. The number of aliphatic hydroxyl groups excluding tert-OH is 2. The van der Waals surface area contributed by atoms with Gasteiger partial charge in [-0.2, -0.15) is 0 Å². The molecule has 0 bridgehead atoms. The van der Waals surface area contributed by atoms with Gasteiger partial charge in [-0.3, -0.25) is 4.79 Å². The van der Waals surface area contributed by atoms with Gasteiger partial charge < -0.3 is 35.6 Å². The van der Waals surface area contributed by atoms with E-state index >= 15 is 0 Å². The molecule has 154 valence electrons. The van der Waals surface area contributed by atoms with E-state index in [4.69, 9.17) is 9.76 Å². The highest BCUT2D eigenvalue weighted by Gasteiger charge is 2.37. The lowest BCUT2D eigenvalue weighted by Gasteiger charge is -2.31. The predicted molar refractivity (Wildman–Crippen MR) is 103 cm³/mol. The molecule has 0 aromatic heterocycles. The number of hydrogen-bond acceptors (Lipinski definition) is 7. The minimum Gasteiger partial charge on any atom is -0.534 e. The van der Waals surface area contributed by atoms with Crippen LogP contribution in [0.1, 0.15) is 49.5 Å². The summed E-state index contributed by atoms with van der Waals surface area (Å²) in [5, 5.41) is 44.2. The summed E-state index contributed by atoms with van der Waals surface area (Å²) in [6.07, 6.45) is 3.00. The van der Waals surface area contributed by atoms with Gasteiger partial charge in [-0.15, -0.1) is 0 Å². The van der Waals surface area contributed by atoms with Crippen LogP contribution in [0.5, 0.6) is 5.75 Å². The van der Waals surface area contributed by atoms with E-state index in [-0.39, 0.29) is 23.8 Å². The average molecular weight is 392 g/mol. The average Bonchev–Trinajstić information content (AvgIpc) is 2.67. The molecule has 1 heterocycles. The Balaban J connectivity index is 1.51. The van der Waals surface area contributed by atoms with E-state index in [1.165, 1.54) is 6.07 Å². The summed E-state index contributed by atoms with van der Waals surface area (Å²) in [4.78, 5) is 12.5. The van der Waals surface area contributed by atoms with Gasteiger partial charge in [0.25, 0.3) is 0 Å². The molecule has 8 nitrogen and oxygen atoms in total. The van der Waals surface area contributed by atoms with Gasteiger partial charge in [0.15, 0.2) is 6.29 Å². The number of carbonyl (C=O) groups is 1. The first kappa shape index (κ1) is 21.1. The van der Waals surface area contributed by atoms with Gasteiger partial charge in [-0.1, -0.05) is 18.2 Å². The fourth-order valence-electron chi connectivity index (χ4n) is 4.14. The lowest BCUT2D eigenvalue weighted by molar-refractivity contribution is -0.122. The van der Waals surface area contributed by atoms with Crippen molar-refractivity contribution in [1.29, 1.82) is 0 Å². The summed E-state index contributed by atoms with van der Waals surface area (Å²) in [5.41, 5.74) is 0.921. The van der Waals surface area contributed by atoms with Gasteiger partial charge in [-0.05, 0) is 43.6 Å². The van der Waals surface area contributed by atoms with E-state index in [1.54, 1.807) is 12.1 Å². The van der Waals surface area contributed by atoms with E-state index in [0.717, 1.165) is 31.2 Å². The molecule has 0 radical (unpaired) electrons. The summed E-state index contributed by atoms with van der Waals surface area (Å²) in [7, 11) is -1.24. The molecule has 1 saturated carbocycles. The predicted octanol–water partition coefficient (Wildman–Crippen LogP) is -0.360. The minimum absolute atomic E-state index is 0.110. The number of hydrogen-bond donors (Lipinski definition) is 6. The highest BCUT2D eigenvalue weighted by atomic mass is 16.5. The Morgan fingerprint density at radius 3 is 2.68 bits per heavy atom. The van der Waals surface area contributed by atoms with E-state index in [2.05, 4.69) is 10.6 Å². The third kappa shape index (κ3) is 5.24.